The van der Waals surface area contributed by atoms with Gasteiger partial charge in [0.2, 0.25) is 5.91 Å². The number of rotatable bonds is 6. The maximum atomic E-state index is 12.1. The third kappa shape index (κ3) is 5.25. The molecule has 1 N–H and O–H groups in total. The standard InChI is InChI=1S/C23H28N4O3S/c1-15-10-21-20(16(2)12-23(3,4)26(21)5)11-17(15)13-24-25-22(28)14-31-19-8-6-18(7-9-19)27(29)30/h6-11,13,16H,12,14H2,1-5H3,(H,25,28)/b24-13-. The van der Waals surface area contributed by atoms with Gasteiger partial charge in [0.05, 0.1) is 16.9 Å². The van der Waals surface area contributed by atoms with Crippen molar-refractivity contribution < 1.29 is 9.72 Å². The Morgan fingerprint density at radius 3 is 2.68 bits per heavy atom. The van der Waals surface area contributed by atoms with Crippen molar-refractivity contribution in [2.45, 2.75) is 50.5 Å². The molecule has 2 aromatic rings. The van der Waals surface area contributed by atoms with Crippen molar-refractivity contribution in [2.75, 3.05) is 17.7 Å². The fourth-order valence-electron chi connectivity index (χ4n) is 3.89. The normalized spacial score (nSPS) is 17.5. The van der Waals surface area contributed by atoms with E-state index in [2.05, 4.69) is 55.4 Å². The second kappa shape index (κ2) is 9.09. The maximum Gasteiger partial charge on any atom is 0.269 e. The molecule has 0 spiro atoms. The number of hydrogen-bond acceptors (Lipinski definition) is 6. The zero-order chi connectivity index (χ0) is 22.8. The molecule has 0 aliphatic carbocycles. The SMILES string of the molecule is Cc1cc2c(cc1/C=N\NC(=O)CSc1ccc([N+](=O)[O-])cc1)C(C)CC(C)(C)N2C. The summed E-state index contributed by atoms with van der Waals surface area (Å²) in [7, 11) is 2.14. The molecule has 7 nitrogen and oxygen atoms in total. The average molecular weight is 441 g/mol. The third-order valence-electron chi connectivity index (χ3n) is 5.83. The summed E-state index contributed by atoms with van der Waals surface area (Å²) in [5.41, 5.74) is 7.35. The van der Waals surface area contributed by atoms with Gasteiger partial charge in [-0.15, -0.1) is 11.8 Å². The molecule has 0 aromatic heterocycles. The molecule has 0 saturated carbocycles. The lowest BCUT2D eigenvalue weighted by atomic mass is 9.79. The summed E-state index contributed by atoms with van der Waals surface area (Å²) < 4.78 is 0. The number of benzene rings is 2. The van der Waals surface area contributed by atoms with Crippen LogP contribution < -0.4 is 10.3 Å². The molecule has 0 fully saturated rings. The number of nitro benzene ring substituents is 1. The van der Waals surface area contributed by atoms with E-state index in [0.717, 1.165) is 22.4 Å². The van der Waals surface area contributed by atoms with E-state index in [0.29, 0.717) is 5.92 Å². The number of aryl methyl sites for hydroxylation is 1. The van der Waals surface area contributed by atoms with Crippen molar-refractivity contribution >= 4 is 35.3 Å². The first-order chi connectivity index (χ1) is 14.6. The lowest BCUT2D eigenvalue weighted by Gasteiger charge is -2.45. The van der Waals surface area contributed by atoms with Crippen molar-refractivity contribution in [3.05, 3.63) is 63.2 Å². The topological polar surface area (TPSA) is 87.8 Å². The highest BCUT2D eigenvalue weighted by Crippen LogP contribution is 2.43. The number of nitrogens with one attached hydrogen (secondary N) is 1. The Bertz CT molecular complexity index is 1020. The van der Waals surface area contributed by atoms with Gasteiger partial charge in [0.1, 0.15) is 0 Å². The summed E-state index contributed by atoms with van der Waals surface area (Å²) in [5, 5.41) is 14.8. The van der Waals surface area contributed by atoms with Crippen LogP contribution in [0, 0.1) is 17.0 Å². The number of carbonyl (C=O) groups excluding carboxylic acids is 1. The minimum Gasteiger partial charge on any atom is -0.369 e. The summed E-state index contributed by atoms with van der Waals surface area (Å²) in [4.78, 5) is 25.5. The number of thioether (sulfide) groups is 1. The van der Waals surface area contributed by atoms with Gasteiger partial charge in [0.15, 0.2) is 0 Å². The van der Waals surface area contributed by atoms with Gasteiger partial charge in [0.25, 0.3) is 5.69 Å². The van der Waals surface area contributed by atoms with Crippen LogP contribution in [0.25, 0.3) is 0 Å². The highest BCUT2D eigenvalue weighted by molar-refractivity contribution is 8.00. The van der Waals surface area contributed by atoms with Crippen LogP contribution in [0.3, 0.4) is 0 Å². The Balaban J connectivity index is 1.61. The molecular formula is C23H28N4O3S. The Morgan fingerprint density at radius 2 is 2.03 bits per heavy atom. The molecule has 1 aliphatic rings. The lowest BCUT2D eigenvalue weighted by Crippen LogP contribution is -2.45. The molecule has 0 radical (unpaired) electrons. The molecule has 1 atom stereocenters. The zero-order valence-electron chi connectivity index (χ0n) is 18.5. The molecule has 31 heavy (non-hydrogen) atoms. The van der Waals surface area contributed by atoms with Crippen molar-refractivity contribution in [1.82, 2.24) is 5.43 Å². The number of non-ortho nitro benzene ring substituents is 1. The summed E-state index contributed by atoms with van der Waals surface area (Å²) in [5.74, 6) is 0.390. The Labute approximate surface area is 187 Å². The number of fused-ring (bicyclic) bond motifs is 1. The molecule has 0 bridgehead atoms. The number of nitro groups is 1. The summed E-state index contributed by atoms with van der Waals surface area (Å²) >= 11 is 1.30. The van der Waals surface area contributed by atoms with Gasteiger partial charge in [-0.3, -0.25) is 14.9 Å². The number of hydrogen-bond donors (Lipinski definition) is 1. The molecule has 8 heteroatoms. The van der Waals surface area contributed by atoms with Gasteiger partial charge in [0, 0.05) is 35.3 Å². The molecule has 1 amide bonds. The minimum absolute atomic E-state index is 0.0305. The number of anilines is 1. The highest BCUT2D eigenvalue weighted by atomic mass is 32.2. The Kier molecular flexibility index (Phi) is 6.69. The zero-order valence-corrected chi connectivity index (χ0v) is 19.3. The van der Waals surface area contributed by atoms with Crippen molar-refractivity contribution in [2.24, 2.45) is 5.10 Å². The largest absolute Gasteiger partial charge is 0.369 e. The average Bonchev–Trinajstić information content (AvgIpc) is 2.71. The fourth-order valence-corrected chi connectivity index (χ4v) is 4.58. The number of carbonyl (C=O) groups is 1. The molecule has 1 aliphatic heterocycles. The lowest BCUT2D eigenvalue weighted by molar-refractivity contribution is -0.384. The van der Waals surface area contributed by atoms with Crippen LogP contribution in [0.4, 0.5) is 11.4 Å². The van der Waals surface area contributed by atoms with Crippen molar-refractivity contribution in [3.8, 4) is 0 Å². The summed E-state index contributed by atoms with van der Waals surface area (Å²) in [6, 6.07) is 10.5. The van der Waals surface area contributed by atoms with Gasteiger partial charge in [-0.05, 0) is 74.1 Å². The van der Waals surface area contributed by atoms with E-state index in [1.54, 1.807) is 18.3 Å². The molecule has 164 valence electrons. The summed E-state index contributed by atoms with van der Waals surface area (Å²) in [6.45, 7) is 8.83. The van der Waals surface area contributed by atoms with Crippen LogP contribution in [0.1, 0.15) is 49.8 Å². The van der Waals surface area contributed by atoms with Crippen LogP contribution in [0.5, 0.6) is 0 Å². The fraction of sp³-hybridized carbons (Fsp3) is 0.391. The van der Waals surface area contributed by atoms with Gasteiger partial charge in [-0.2, -0.15) is 5.10 Å². The first-order valence-corrected chi connectivity index (χ1v) is 11.1. The predicted octanol–water partition coefficient (Wildman–Crippen LogP) is 4.87. The van der Waals surface area contributed by atoms with Crippen LogP contribution in [-0.2, 0) is 4.79 Å². The van der Waals surface area contributed by atoms with E-state index in [1.165, 1.54) is 35.1 Å². The summed E-state index contributed by atoms with van der Waals surface area (Å²) in [6.07, 6.45) is 2.77. The smallest absolute Gasteiger partial charge is 0.269 e. The van der Waals surface area contributed by atoms with Gasteiger partial charge >= 0.3 is 0 Å². The molecule has 0 saturated heterocycles. The van der Waals surface area contributed by atoms with Crippen LogP contribution in [0.15, 0.2) is 46.4 Å². The first-order valence-electron chi connectivity index (χ1n) is 10.2. The van der Waals surface area contributed by atoms with Crippen molar-refractivity contribution in [3.63, 3.8) is 0 Å². The highest BCUT2D eigenvalue weighted by Gasteiger charge is 2.34. The van der Waals surface area contributed by atoms with Gasteiger partial charge < -0.3 is 4.90 Å². The predicted molar refractivity (Wildman–Crippen MR) is 126 cm³/mol. The van der Waals surface area contributed by atoms with E-state index in [-0.39, 0.29) is 22.9 Å². The minimum atomic E-state index is -0.446. The van der Waals surface area contributed by atoms with Crippen LogP contribution in [0.2, 0.25) is 0 Å². The van der Waals surface area contributed by atoms with E-state index >= 15 is 0 Å². The Hall–Kier alpha value is -2.87. The molecule has 1 unspecified atom stereocenters. The second-order valence-electron chi connectivity index (χ2n) is 8.58. The van der Waals surface area contributed by atoms with Crippen LogP contribution in [-0.4, -0.2) is 35.4 Å². The third-order valence-corrected chi connectivity index (χ3v) is 6.84. The maximum absolute atomic E-state index is 12.1. The number of nitrogens with zero attached hydrogens (tertiary/aromatic N) is 3. The first kappa shape index (κ1) is 22.8. The van der Waals surface area contributed by atoms with E-state index in [9.17, 15) is 14.9 Å². The van der Waals surface area contributed by atoms with Crippen LogP contribution >= 0.6 is 11.8 Å². The van der Waals surface area contributed by atoms with Gasteiger partial charge in [-0.1, -0.05) is 6.92 Å². The molecule has 1 heterocycles. The Morgan fingerprint density at radius 1 is 1.35 bits per heavy atom. The monoisotopic (exact) mass is 440 g/mol. The number of amides is 1. The molecular weight excluding hydrogens is 412 g/mol. The van der Waals surface area contributed by atoms with E-state index < -0.39 is 4.92 Å². The number of hydrazone groups is 1. The molecule has 2 aromatic carbocycles. The second-order valence-corrected chi connectivity index (χ2v) is 9.63. The van der Waals surface area contributed by atoms with E-state index in [4.69, 9.17) is 0 Å². The van der Waals surface area contributed by atoms with Crippen molar-refractivity contribution in [1.29, 1.82) is 0 Å². The molecule has 3 rings (SSSR count). The quantitative estimate of drug-likeness (QED) is 0.300. The van der Waals surface area contributed by atoms with Gasteiger partial charge in [-0.25, -0.2) is 5.43 Å². The van der Waals surface area contributed by atoms with E-state index in [1.807, 2.05) is 6.92 Å².